The molecule has 0 spiro atoms. The molecule has 114 valence electrons. The van der Waals surface area contributed by atoms with Gasteiger partial charge in [0.2, 0.25) is 0 Å². The highest BCUT2D eigenvalue weighted by molar-refractivity contribution is 5.43. The molecule has 4 nitrogen and oxygen atoms in total. The molecule has 0 fully saturated rings. The molecular formula is C17H25N3O. The minimum Gasteiger partial charge on any atom is -0.493 e. The van der Waals surface area contributed by atoms with Gasteiger partial charge in [0, 0.05) is 0 Å². The van der Waals surface area contributed by atoms with Crippen molar-refractivity contribution in [3.63, 3.8) is 0 Å². The van der Waals surface area contributed by atoms with Crippen molar-refractivity contribution in [3.05, 3.63) is 40.7 Å². The summed E-state index contributed by atoms with van der Waals surface area (Å²) in [6.07, 6.45) is 4.85. The van der Waals surface area contributed by atoms with Crippen molar-refractivity contribution in [1.82, 2.24) is 15.4 Å². The lowest BCUT2D eigenvalue weighted by molar-refractivity contribution is 0.315. The second-order valence-electron chi connectivity index (χ2n) is 5.59. The third-order valence-corrected chi connectivity index (χ3v) is 3.88. The monoisotopic (exact) mass is 287 g/mol. The maximum absolute atomic E-state index is 5.81. The van der Waals surface area contributed by atoms with Crippen molar-refractivity contribution in [1.29, 1.82) is 0 Å². The maximum atomic E-state index is 5.81. The van der Waals surface area contributed by atoms with Crippen LogP contribution in [0.5, 0.6) is 5.75 Å². The highest BCUT2D eigenvalue weighted by Crippen LogP contribution is 2.31. The molecule has 0 saturated heterocycles. The molecule has 0 saturated carbocycles. The lowest BCUT2D eigenvalue weighted by Crippen LogP contribution is -2.06. The van der Waals surface area contributed by atoms with Crippen LogP contribution in [0.1, 0.15) is 55.0 Å². The van der Waals surface area contributed by atoms with E-state index in [1.165, 1.54) is 16.7 Å². The van der Waals surface area contributed by atoms with Gasteiger partial charge >= 0.3 is 0 Å². The first-order chi connectivity index (χ1) is 10.2. The molecule has 2 rings (SSSR count). The molecule has 1 aromatic heterocycles. The number of nitrogens with zero attached hydrogens (tertiary/aromatic N) is 2. The zero-order chi connectivity index (χ0) is 15.2. The summed E-state index contributed by atoms with van der Waals surface area (Å²) in [7, 11) is 0. The molecule has 0 aliphatic rings. The van der Waals surface area contributed by atoms with Gasteiger partial charge in [-0.3, -0.25) is 0 Å². The van der Waals surface area contributed by atoms with Crippen LogP contribution < -0.4 is 4.74 Å². The number of H-pyrrole nitrogens is 1. The van der Waals surface area contributed by atoms with Crippen LogP contribution in [-0.4, -0.2) is 22.0 Å². The number of aromatic amines is 1. The molecule has 1 atom stereocenters. The third kappa shape index (κ3) is 3.84. The van der Waals surface area contributed by atoms with Gasteiger partial charge in [0.15, 0.2) is 0 Å². The molecule has 21 heavy (non-hydrogen) atoms. The number of aryl methyl sites for hydroxylation is 2. The number of aromatic nitrogens is 3. The minimum atomic E-state index is 0.467. The van der Waals surface area contributed by atoms with Gasteiger partial charge in [0.1, 0.15) is 5.75 Å². The normalized spacial score (nSPS) is 12.4. The Hall–Kier alpha value is -1.84. The Balaban J connectivity index is 2.23. The number of rotatable bonds is 7. The second-order valence-corrected chi connectivity index (χ2v) is 5.59. The Labute approximate surface area is 126 Å². The fraction of sp³-hybridized carbons (Fsp3) is 0.529. The largest absolute Gasteiger partial charge is 0.493 e. The van der Waals surface area contributed by atoms with E-state index in [4.69, 9.17) is 4.74 Å². The van der Waals surface area contributed by atoms with Gasteiger partial charge in [-0.25, -0.2) is 0 Å². The first-order valence-electron chi connectivity index (χ1n) is 7.74. The summed E-state index contributed by atoms with van der Waals surface area (Å²) in [6.45, 7) is 9.41. The Morgan fingerprint density at radius 2 is 2.00 bits per heavy atom. The van der Waals surface area contributed by atoms with E-state index >= 15 is 0 Å². The molecule has 0 amide bonds. The van der Waals surface area contributed by atoms with Crippen molar-refractivity contribution < 1.29 is 4.74 Å². The average Bonchev–Trinajstić information content (AvgIpc) is 2.98. The fourth-order valence-corrected chi connectivity index (χ4v) is 2.67. The van der Waals surface area contributed by atoms with Crippen molar-refractivity contribution in [3.8, 4) is 5.75 Å². The fourth-order valence-electron chi connectivity index (χ4n) is 2.67. The molecule has 0 bridgehead atoms. The SMILES string of the molecule is CCCOc1cc(C)c(C(CC)Cc2cn[nH]n2)cc1C. The summed E-state index contributed by atoms with van der Waals surface area (Å²) in [6, 6.07) is 4.44. The topological polar surface area (TPSA) is 50.8 Å². The quantitative estimate of drug-likeness (QED) is 0.839. The van der Waals surface area contributed by atoms with E-state index in [0.29, 0.717) is 5.92 Å². The molecule has 1 N–H and O–H groups in total. The van der Waals surface area contributed by atoms with Gasteiger partial charge in [-0.1, -0.05) is 19.9 Å². The Bertz CT molecular complexity index is 564. The van der Waals surface area contributed by atoms with E-state index in [2.05, 4.69) is 55.2 Å². The van der Waals surface area contributed by atoms with Crippen LogP contribution in [0.3, 0.4) is 0 Å². The first kappa shape index (κ1) is 15.5. The van der Waals surface area contributed by atoms with Gasteiger partial charge in [-0.15, -0.1) is 0 Å². The van der Waals surface area contributed by atoms with E-state index in [0.717, 1.165) is 37.3 Å². The number of ether oxygens (including phenoxy) is 1. The van der Waals surface area contributed by atoms with E-state index in [9.17, 15) is 0 Å². The number of hydrogen-bond acceptors (Lipinski definition) is 3. The van der Waals surface area contributed by atoms with Crippen LogP contribution in [0.2, 0.25) is 0 Å². The van der Waals surface area contributed by atoms with Gasteiger partial charge in [0.25, 0.3) is 0 Å². The van der Waals surface area contributed by atoms with Crippen LogP contribution >= 0.6 is 0 Å². The summed E-state index contributed by atoms with van der Waals surface area (Å²) in [5.74, 6) is 1.48. The number of benzene rings is 1. The van der Waals surface area contributed by atoms with Crippen LogP contribution in [0.4, 0.5) is 0 Å². The Morgan fingerprint density at radius 3 is 2.62 bits per heavy atom. The second kappa shape index (κ2) is 7.25. The number of nitrogens with one attached hydrogen (secondary N) is 1. The maximum Gasteiger partial charge on any atom is 0.122 e. The molecule has 1 aromatic carbocycles. The standard InChI is InChI=1S/C17H25N3O/c1-5-7-21-17-9-12(3)16(8-13(17)4)14(6-2)10-15-11-18-20-19-15/h8-9,11,14H,5-7,10H2,1-4H3,(H,18,19,20). The molecule has 1 heterocycles. The van der Waals surface area contributed by atoms with Crippen molar-refractivity contribution in [2.45, 2.75) is 52.9 Å². The molecular weight excluding hydrogens is 262 g/mol. The van der Waals surface area contributed by atoms with Crippen molar-refractivity contribution in [2.75, 3.05) is 6.61 Å². The number of hydrogen-bond donors (Lipinski definition) is 1. The smallest absolute Gasteiger partial charge is 0.122 e. The van der Waals surface area contributed by atoms with Crippen molar-refractivity contribution in [2.24, 2.45) is 0 Å². The third-order valence-electron chi connectivity index (χ3n) is 3.88. The predicted octanol–water partition coefficient (Wildman–Crippen LogP) is 3.95. The molecule has 0 radical (unpaired) electrons. The summed E-state index contributed by atoms with van der Waals surface area (Å²) in [4.78, 5) is 0. The average molecular weight is 287 g/mol. The van der Waals surface area contributed by atoms with Gasteiger partial charge in [-0.2, -0.15) is 15.4 Å². The minimum absolute atomic E-state index is 0.467. The van der Waals surface area contributed by atoms with Crippen LogP contribution in [0, 0.1) is 13.8 Å². The molecule has 2 aromatic rings. The lowest BCUT2D eigenvalue weighted by atomic mass is 9.87. The van der Waals surface area contributed by atoms with Crippen LogP contribution in [0.15, 0.2) is 18.3 Å². The summed E-state index contributed by atoms with van der Waals surface area (Å²) in [5, 5.41) is 10.8. The Kier molecular flexibility index (Phi) is 5.37. The van der Waals surface area contributed by atoms with E-state index in [-0.39, 0.29) is 0 Å². The first-order valence-corrected chi connectivity index (χ1v) is 7.74. The molecule has 0 aliphatic heterocycles. The zero-order valence-corrected chi connectivity index (χ0v) is 13.4. The van der Waals surface area contributed by atoms with E-state index < -0.39 is 0 Å². The van der Waals surface area contributed by atoms with E-state index in [1.54, 1.807) is 0 Å². The summed E-state index contributed by atoms with van der Waals surface area (Å²) in [5.41, 5.74) is 4.91. The molecule has 4 heteroatoms. The van der Waals surface area contributed by atoms with Crippen molar-refractivity contribution >= 4 is 0 Å². The predicted molar refractivity (Wildman–Crippen MR) is 84.8 cm³/mol. The molecule has 0 aliphatic carbocycles. The van der Waals surface area contributed by atoms with Gasteiger partial charge < -0.3 is 4.74 Å². The van der Waals surface area contributed by atoms with Crippen LogP contribution in [-0.2, 0) is 6.42 Å². The zero-order valence-electron chi connectivity index (χ0n) is 13.4. The Morgan fingerprint density at radius 1 is 1.19 bits per heavy atom. The van der Waals surface area contributed by atoms with Gasteiger partial charge in [0.05, 0.1) is 18.5 Å². The van der Waals surface area contributed by atoms with E-state index in [1.807, 2.05) is 6.20 Å². The molecule has 1 unspecified atom stereocenters. The lowest BCUT2D eigenvalue weighted by Gasteiger charge is -2.19. The summed E-state index contributed by atoms with van der Waals surface area (Å²) >= 11 is 0. The highest BCUT2D eigenvalue weighted by atomic mass is 16.5. The highest BCUT2D eigenvalue weighted by Gasteiger charge is 2.16. The van der Waals surface area contributed by atoms with Gasteiger partial charge in [-0.05, 0) is 61.8 Å². The summed E-state index contributed by atoms with van der Waals surface area (Å²) < 4.78 is 5.81. The van der Waals surface area contributed by atoms with Crippen LogP contribution in [0.25, 0.3) is 0 Å².